The lowest BCUT2D eigenvalue weighted by Gasteiger charge is -2.21. The van der Waals surface area contributed by atoms with Gasteiger partial charge in [0.15, 0.2) is 11.6 Å². The van der Waals surface area contributed by atoms with Gasteiger partial charge in [-0.3, -0.25) is 0 Å². The summed E-state index contributed by atoms with van der Waals surface area (Å²) in [5, 5.41) is 4.07. The number of anilines is 1. The van der Waals surface area contributed by atoms with E-state index in [2.05, 4.69) is 20.2 Å². The highest BCUT2D eigenvalue weighted by Crippen LogP contribution is 2.22. The van der Waals surface area contributed by atoms with Crippen LogP contribution >= 0.6 is 0 Å². The number of aromatic nitrogens is 2. The molecule has 0 spiro atoms. The third-order valence-electron chi connectivity index (χ3n) is 5.46. The Morgan fingerprint density at radius 2 is 1.93 bits per heavy atom. The van der Waals surface area contributed by atoms with Crippen LogP contribution in [0, 0.1) is 24.4 Å². The number of benzene rings is 2. The van der Waals surface area contributed by atoms with Gasteiger partial charge in [-0.25, -0.2) is 23.1 Å². The van der Waals surface area contributed by atoms with Crippen LogP contribution in [0.2, 0.25) is 0 Å². The van der Waals surface area contributed by atoms with E-state index in [4.69, 9.17) is 0 Å². The van der Waals surface area contributed by atoms with Gasteiger partial charge in [0, 0.05) is 36.6 Å². The van der Waals surface area contributed by atoms with E-state index in [1.165, 1.54) is 18.2 Å². The number of hydrogen-bond donors (Lipinski definition) is 1. The standard InChI is InChI=1S/C22H23F3N4/c1-14-18-12-16(23)7-8-20(18)28-22(27-14)29-10-3-5-17(9-11-29)26-13-15-4-2-6-19(24)21(15)25/h2,4,6-8,12,17,26H,3,5,9-11,13H2,1H3. The number of halogens is 3. The van der Waals surface area contributed by atoms with Gasteiger partial charge in [0.25, 0.3) is 0 Å². The van der Waals surface area contributed by atoms with E-state index in [-0.39, 0.29) is 11.9 Å². The molecule has 1 N–H and O–H groups in total. The van der Waals surface area contributed by atoms with Gasteiger partial charge >= 0.3 is 0 Å². The molecule has 7 heteroatoms. The molecule has 2 aromatic carbocycles. The Kier molecular flexibility index (Phi) is 5.67. The fourth-order valence-corrected chi connectivity index (χ4v) is 3.82. The Morgan fingerprint density at radius 1 is 1.07 bits per heavy atom. The molecule has 0 radical (unpaired) electrons. The van der Waals surface area contributed by atoms with E-state index < -0.39 is 11.6 Å². The summed E-state index contributed by atoms with van der Waals surface area (Å²) in [5.41, 5.74) is 1.83. The van der Waals surface area contributed by atoms with Crippen LogP contribution in [0.3, 0.4) is 0 Å². The van der Waals surface area contributed by atoms with E-state index in [1.54, 1.807) is 12.1 Å². The lowest BCUT2D eigenvalue weighted by atomic mass is 10.1. The lowest BCUT2D eigenvalue weighted by Crippen LogP contribution is -2.31. The van der Waals surface area contributed by atoms with Gasteiger partial charge in [-0.05, 0) is 50.5 Å². The second-order valence-corrected chi connectivity index (χ2v) is 7.48. The summed E-state index contributed by atoms with van der Waals surface area (Å²) in [7, 11) is 0. The molecule has 4 nitrogen and oxygen atoms in total. The average molecular weight is 400 g/mol. The average Bonchev–Trinajstić information content (AvgIpc) is 2.95. The molecule has 1 aliphatic heterocycles. The monoisotopic (exact) mass is 400 g/mol. The van der Waals surface area contributed by atoms with Crippen molar-refractivity contribution in [2.24, 2.45) is 0 Å². The van der Waals surface area contributed by atoms with Crippen LogP contribution in [-0.2, 0) is 6.54 Å². The van der Waals surface area contributed by atoms with E-state index in [1.807, 2.05) is 6.92 Å². The van der Waals surface area contributed by atoms with Crippen molar-refractivity contribution in [3.05, 3.63) is 65.1 Å². The molecular formula is C22H23F3N4. The Morgan fingerprint density at radius 3 is 2.79 bits per heavy atom. The van der Waals surface area contributed by atoms with Crippen molar-refractivity contribution in [1.29, 1.82) is 0 Å². The number of aryl methyl sites for hydroxylation is 1. The first-order chi connectivity index (χ1) is 14.0. The predicted octanol–water partition coefficient (Wildman–Crippen LogP) is 4.50. The molecule has 2 heterocycles. The molecule has 4 rings (SSSR count). The van der Waals surface area contributed by atoms with E-state index in [0.29, 0.717) is 18.1 Å². The van der Waals surface area contributed by atoms with Crippen LogP contribution in [0.1, 0.15) is 30.5 Å². The van der Waals surface area contributed by atoms with Gasteiger partial charge in [0.05, 0.1) is 11.2 Å². The van der Waals surface area contributed by atoms with Crippen LogP contribution in [0.15, 0.2) is 36.4 Å². The largest absolute Gasteiger partial charge is 0.341 e. The van der Waals surface area contributed by atoms with Crippen LogP contribution in [-0.4, -0.2) is 29.1 Å². The number of hydrogen-bond acceptors (Lipinski definition) is 4. The maximum absolute atomic E-state index is 13.8. The second kappa shape index (κ2) is 8.37. The minimum Gasteiger partial charge on any atom is -0.341 e. The molecule has 1 aliphatic rings. The molecule has 29 heavy (non-hydrogen) atoms. The first-order valence-electron chi connectivity index (χ1n) is 9.86. The fraction of sp³-hybridized carbons (Fsp3) is 0.364. The van der Waals surface area contributed by atoms with E-state index in [9.17, 15) is 13.2 Å². The Labute approximate surface area is 167 Å². The predicted molar refractivity (Wildman–Crippen MR) is 107 cm³/mol. The molecule has 0 saturated carbocycles. The van der Waals surface area contributed by atoms with Crippen molar-refractivity contribution in [3.8, 4) is 0 Å². The molecule has 1 fully saturated rings. The fourth-order valence-electron chi connectivity index (χ4n) is 3.82. The maximum atomic E-state index is 13.8. The molecular weight excluding hydrogens is 377 g/mol. The van der Waals surface area contributed by atoms with Gasteiger partial charge in [0.2, 0.25) is 5.95 Å². The van der Waals surface area contributed by atoms with Crippen LogP contribution < -0.4 is 10.2 Å². The molecule has 0 bridgehead atoms. The molecule has 1 unspecified atom stereocenters. The quantitative estimate of drug-likeness (QED) is 0.700. The smallest absolute Gasteiger partial charge is 0.226 e. The van der Waals surface area contributed by atoms with Crippen molar-refractivity contribution < 1.29 is 13.2 Å². The Bertz CT molecular complexity index is 1020. The number of rotatable bonds is 4. The highest BCUT2D eigenvalue weighted by molar-refractivity contribution is 5.81. The zero-order chi connectivity index (χ0) is 20.4. The minimum absolute atomic E-state index is 0.207. The third kappa shape index (κ3) is 4.34. The molecule has 0 amide bonds. The van der Waals surface area contributed by atoms with Gasteiger partial charge < -0.3 is 10.2 Å². The van der Waals surface area contributed by atoms with Gasteiger partial charge in [0.1, 0.15) is 5.82 Å². The topological polar surface area (TPSA) is 41.1 Å². The normalized spacial score (nSPS) is 17.5. The van der Waals surface area contributed by atoms with Gasteiger partial charge in [-0.1, -0.05) is 12.1 Å². The zero-order valence-corrected chi connectivity index (χ0v) is 16.3. The zero-order valence-electron chi connectivity index (χ0n) is 16.3. The Hall–Kier alpha value is -2.67. The molecule has 1 atom stereocenters. The number of fused-ring (bicyclic) bond motifs is 1. The van der Waals surface area contributed by atoms with Gasteiger partial charge in [-0.2, -0.15) is 0 Å². The molecule has 3 aromatic rings. The Balaban J connectivity index is 1.43. The summed E-state index contributed by atoms with van der Waals surface area (Å²) < 4.78 is 40.7. The van der Waals surface area contributed by atoms with Crippen LogP contribution in [0.25, 0.3) is 10.9 Å². The minimum atomic E-state index is -0.819. The van der Waals surface area contributed by atoms with Crippen LogP contribution in [0.5, 0.6) is 0 Å². The van der Waals surface area contributed by atoms with Crippen LogP contribution in [0.4, 0.5) is 19.1 Å². The van der Waals surface area contributed by atoms with Crippen molar-refractivity contribution in [2.75, 3.05) is 18.0 Å². The summed E-state index contributed by atoms with van der Waals surface area (Å²) in [6.45, 7) is 3.74. The summed E-state index contributed by atoms with van der Waals surface area (Å²) >= 11 is 0. The SMILES string of the molecule is Cc1nc(N2CCCC(NCc3cccc(F)c3F)CC2)nc2ccc(F)cc12. The van der Waals surface area contributed by atoms with Crippen molar-refractivity contribution in [1.82, 2.24) is 15.3 Å². The molecule has 1 aromatic heterocycles. The molecule has 152 valence electrons. The summed E-state index contributed by atoms with van der Waals surface area (Å²) in [6, 6.07) is 9.01. The summed E-state index contributed by atoms with van der Waals surface area (Å²) in [6.07, 6.45) is 2.72. The third-order valence-corrected chi connectivity index (χ3v) is 5.46. The number of nitrogens with one attached hydrogen (secondary N) is 1. The second-order valence-electron chi connectivity index (χ2n) is 7.48. The van der Waals surface area contributed by atoms with Crippen molar-refractivity contribution in [2.45, 2.75) is 38.8 Å². The lowest BCUT2D eigenvalue weighted by molar-refractivity contribution is 0.450. The van der Waals surface area contributed by atoms with E-state index in [0.717, 1.165) is 55.0 Å². The first kappa shape index (κ1) is 19.6. The number of nitrogens with zero attached hydrogens (tertiary/aromatic N) is 3. The maximum Gasteiger partial charge on any atom is 0.226 e. The molecule has 0 aliphatic carbocycles. The first-order valence-corrected chi connectivity index (χ1v) is 9.86. The summed E-state index contributed by atoms with van der Waals surface area (Å²) in [5.74, 6) is -1.25. The van der Waals surface area contributed by atoms with Crippen molar-refractivity contribution in [3.63, 3.8) is 0 Å². The molecule has 1 saturated heterocycles. The summed E-state index contributed by atoms with van der Waals surface area (Å²) in [4.78, 5) is 11.3. The highest BCUT2D eigenvalue weighted by atomic mass is 19.2. The van der Waals surface area contributed by atoms with Crippen molar-refractivity contribution >= 4 is 16.9 Å². The highest BCUT2D eigenvalue weighted by Gasteiger charge is 2.20. The van der Waals surface area contributed by atoms with E-state index >= 15 is 0 Å². The van der Waals surface area contributed by atoms with Gasteiger partial charge in [-0.15, -0.1) is 0 Å².